The van der Waals surface area contributed by atoms with Crippen LogP contribution in [0.5, 0.6) is 5.75 Å². The highest BCUT2D eigenvalue weighted by molar-refractivity contribution is 5.85. The molecule has 1 rings (SSSR count). The van der Waals surface area contributed by atoms with E-state index in [1.807, 2.05) is 45.9 Å². The van der Waals surface area contributed by atoms with E-state index in [1.165, 1.54) is 0 Å². The highest BCUT2D eigenvalue weighted by atomic mass is 35.5. The molecule has 0 saturated heterocycles. The summed E-state index contributed by atoms with van der Waals surface area (Å²) in [6.45, 7) is 9.45. The van der Waals surface area contributed by atoms with Gasteiger partial charge in [0, 0.05) is 18.7 Å². The monoisotopic (exact) mass is 328 g/mol. The first kappa shape index (κ1) is 20.7. The zero-order valence-corrected chi connectivity index (χ0v) is 14.9. The fourth-order valence-corrected chi connectivity index (χ4v) is 2.41. The average Bonchev–Trinajstić information content (AvgIpc) is 2.49. The lowest BCUT2D eigenvalue weighted by Gasteiger charge is -2.28. The predicted octanol–water partition coefficient (Wildman–Crippen LogP) is 3.20. The molecule has 5 heteroatoms. The highest BCUT2D eigenvalue weighted by Crippen LogP contribution is 2.26. The summed E-state index contributed by atoms with van der Waals surface area (Å²) in [5.41, 5.74) is 7.49. The summed E-state index contributed by atoms with van der Waals surface area (Å²) in [6, 6.07) is 6.03. The van der Waals surface area contributed by atoms with Crippen molar-refractivity contribution < 1.29 is 9.53 Å². The lowest BCUT2D eigenvalue weighted by Crippen LogP contribution is -2.45. The number of ether oxygens (including phenoxy) is 1. The maximum atomic E-state index is 12.4. The molecule has 126 valence electrons. The lowest BCUT2D eigenvalue weighted by atomic mass is 9.81. The minimum atomic E-state index is -0.462. The second-order valence-electron chi connectivity index (χ2n) is 5.42. The summed E-state index contributed by atoms with van der Waals surface area (Å²) in [5.74, 6) is 0.863. The fourth-order valence-electron chi connectivity index (χ4n) is 2.41. The molecule has 1 amide bonds. The third-order valence-corrected chi connectivity index (χ3v) is 4.19. The van der Waals surface area contributed by atoms with Crippen molar-refractivity contribution in [2.45, 2.75) is 47.1 Å². The maximum Gasteiger partial charge on any atom is 0.227 e. The van der Waals surface area contributed by atoms with Crippen molar-refractivity contribution in [3.63, 3.8) is 0 Å². The van der Waals surface area contributed by atoms with Crippen LogP contribution in [0.25, 0.3) is 0 Å². The molecule has 0 radical (unpaired) electrons. The number of halogens is 1. The van der Waals surface area contributed by atoms with Crippen molar-refractivity contribution in [2.75, 3.05) is 13.2 Å². The molecule has 0 aliphatic rings. The van der Waals surface area contributed by atoms with Gasteiger partial charge in [0.15, 0.2) is 0 Å². The van der Waals surface area contributed by atoms with Crippen LogP contribution in [0.4, 0.5) is 0 Å². The number of carbonyl (C=O) groups excluding carboxylic acids is 1. The van der Waals surface area contributed by atoms with Gasteiger partial charge in [-0.2, -0.15) is 0 Å². The van der Waals surface area contributed by atoms with Gasteiger partial charge < -0.3 is 15.8 Å². The Morgan fingerprint density at radius 1 is 1.27 bits per heavy atom. The number of carbonyl (C=O) groups is 1. The van der Waals surface area contributed by atoms with Crippen LogP contribution in [-0.2, 0) is 11.3 Å². The molecule has 0 bridgehead atoms. The first-order valence-corrected chi connectivity index (χ1v) is 7.73. The van der Waals surface area contributed by atoms with Crippen molar-refractivity contribution in [1.29, 1.82) is 0 Å². The van der Waals surface area contributed by atoms with Crippen LogP contribution in [0.2, 0.25) is 0 Å². The van der Waals surface area contributed by atoms with Gasteiger partial charge in [-0.05, 0) is 38.3 Å². The number of aryl methyl sites for hydroxylation is 1. The number of hydrogen-bond acceptors (Lipinski definition) is 3. The molecular formula is C17H29ClN2O2. The van der Waals surface area contributed by atoms with E-state index in [2.05, 4.69) is 5.32 Å². The Morgan fingerprint density at radius 3 is 2.41 bits per heavy atom. The van der Waals surface area contributed by atoms with Crippen LogP contribution < -0.4 is 15.8 Å². The number of nitrogens with two attached hydrogens (primary N) is 1. The van der Waals surface area contributed by atoms with Gasteiger partial charge in [0.1, 0.15) is 5.75 Å². The van der Waals surface area contributed by atoms with Crippen molar-refractivity contribution >= 4 is 18.3 Å². The van der Waals surface area contributed by atoms with Crippen LogP contribution >= 0.6 is 12.4 Å². The second kappa shape index (κ2) is 9.70. The molecule has 1 aromatic carbocycles. The van der Waals surface area contributed by atoms with E-state index in [-0.39, 0.29) is 18.3 Å². The van der Waals surface area contributed by atoms with Gasteiger partial charge in [0.2, 0.25) is 5.91 Å². The standard InChI is InChI=1S/C17H28N2O2.ClH/c1-5-17(6-2,12-18)16(20)19-11-14-9-8-13(4)10-15(14)21-7-3;/h8-10H,5-7,11-12,18H2,1-4H3,(H,19,20);1H. The molecule has 0 aliphatic heterocycles. The van der Waals surface area contributed by atoms with E-state index in [9.17, 15) is 4.79 Å². The Labute approximate surface area is 140 Å². The first-order valence-electron chi connectivity index (χ1n) is 7.73. The minimum absolute atomic E-state index is 0. The van der Waals surface area contributed by atoms with E-state index in [1.54, 1.807) is 0 Å². The Bertz CT molecular complexity index is 465. The first-order chi connectivity index (χ1) is 10.0. The van der Waals surface area contributed by atoms with Gasteiger partial charge in [-0.1, -0.05) is 26.0 Å². The molecule has 0 unspecified atom stereocenters. The Hall–Kier alpha value is -1.26. The quantitative estimate of drug-likeness (QED) is 0.770. The molecule has 0 fully saturated rings. The SMILES string of the molecule is CCOc1cc(C)ccc1CNC(=O)C(CC)(CC)CN.Cl. The van der Waals surface area contributed by atoms with Crippen molar-refractivity contribution in [3.05, 3.63) is 29.3 Å². The number of amides is 1. The summed E-state index contributed by atoms with van der Waals surface area (Å²) in [6.07, 6.45) is 1.50. The molecule has 0 saturated carbocycles. The van der Waals surface area contributed by atoms with Gasteiger partial charge in [0.05, 0.1) is 12.0 Å². The zero-order valence-electron chi connectivity index (χ0n) is 14.1. The molecular weight excluding hydrogens is 300 g/mol. The summed E-state index contributed by atoms with van der Waals surface area (Å²) in [4.78, 5) is 12.4. The number of nitrogens with one attached hydrogen (secondary N) is 1. The van der Waals surface area contributed by atoms with Crippen molar-refractivity contribution in [1.82, 2.24) is 5.32 Å². The number of hydrogen-bond donors (Lipinski definition) is 2. The molecule has 0 spiro atoms. The van der Waals surface area contributed by atoms with Crippen molar-refractivity contribution in [3.8, 4) is 5.75 Å². The summed E-state index contributed by atoms with van der Waals surface area (Å²) in [5, 5.41) is 3.01. The second-order valence-corrected chi connectivity index (χ2v) is 5.42. The van der Waals surface area contributed by atoms with Crippen LogP contribution in [0.1, 0.15) is 44.7 Å². The van der Waals surface area contributed by atoms with Crippen LogP contribution in [0, 0.1) is 12.3 Å². The van der Waals surface area contributed by atoms with Crippen LogP contribution in [-0.4, -0.2) is 19.1 Å². The molecule has 3 N–H and O–H groups in total. The Kier molecular flexibility index (Phi) is 9.14. The van der Waals surface area contributed by atoms with E-state index in [0.717, 1.165) is 29.7 Å². The van der Waals surface area contributed by atoms with Crippen molar-refractivity contribution in [2.24, 2.45) is 11.1 Å². The molecule has 22 heavy (non-hydrogen) atoms. The van der Waals surface area contributed by atoms with Gasteiger partial charge in [-0.25, -0.2) is 0 Å². The smallest absolute Gasteiger partial charge is 0.227 e. The minimum Gasteiger partial charge on any atom is -0.494 e. The molecule has 0 aromatic heterocycles. The third-order valence-electron chi connectivity index (χ3n) is 4.19. The van der Waals surface area contributed by atoms with E-state index < -0.39 is 5.41 Å². The normalized spacial score (nSPS) is 10.8. The molecule has 0 aliphatic carbocycles. The predicted molar refractivity (Wildman–Crippen MR) is 93.5 cm³/mol. The number of benzene rings is 1. The average molecular weight is 329 g/mol. The molecule has 0 heterocycles. The van der Waals surface area contributed by atoms with Crippen LogP contribution in [0.3, 0.4) is 0 Å². The van der Waals surface area contributed by atoms with Crippen LogP contribution in [0.15, 0.2) is 18.2 Å². The topological polar surface area (TPSA) is 64.3 Å². The zero-order chi connectivity index (χ0) is 15.9. The van der Waals surface area contributed by atoms with E-state index >= 15 is 0 Å². The lowest BCUT2D eigenvalue weighted by molar-refractivity contribution is -0.131. The summed E-state index contributed by atoms with van der Waals surface area (Å²) < 4.78 is 5.64. The Morgan fingerprint density at radius 2 is 1.91 bits per heavy atom. The third kappa shape index (κ3) is 4.89. The summed E-state index contributed by atoms with van der Waals surface area (Å²) >= 11 is 0. The van der Waals surface area contributed by atoms with Gasteiger partial charge in [-0.15, -0.1) is 12.4 Å². The molecule has 0 atom stereocenters. The largest absolute Gasteiger partial charge is 0.494 e. The highest BCUT2D eigenvalue weighted by Gasteiger charge is 2.33. The Balaban J connectivity index is 0.00000441. The number of rotatable bonds is 8. The van der Waals surface area contributed by atoms with Gasteiger partial charge in [-0.3, -0.25) is 4.79 Å². The fraction of sp³-hybridized carbons (Fsp3) is 0.588. The van der Waals surface area contributed by atoms with E-state index in [4.69, 9.17) is 10.5 Å². The van der Waals surface area contributed by atoms with Gasteiger partial charge in [0.25, 0.3) is 0 Å². The summed E-state index contributed by atoms with van der Waals surface area (Å²) in [7, 11) is 0. The molecule has 1 aromatic rings. The molecule has 4 nitrogen and oxygen atoms in total. The van der Waals surface area contributed by atoms with E-state index in [0.29, 0.717) is 19.7 Å². The van der Waals surface area contributed by atoms with Gasteiger partial charge >= 0.3 is 0 Å². The maximum absolute atomic E-state index is 12.4.